The van der Waals surface area contributed by atoms with E-state index in [1.165, 1.54) is 9.08 Å². The van der Waals surface area contributed by atoms with Crippen molar-refractivity contribution in [3.63, 3.8) is 0 Å². The molecule has 0 aliphatic carbocycles. The predicted molar refractivity (Wildman–Crippen MR) is 85.7 cm³/mol. The molecule has 2 heterocycles. The van der Waals surface area contributed by atoms with Gasteiger partial charge in [0.25, 0.3) is 0 Å². The zero-order valence-electron chi connectivity index (χ0n) is 13.9. The monoisotopic (exact) mass is 304 g/mol. The highest BCUT2D eigenvalue weighted by Crippen LogP contribution is 2.26. The molecule has 0 atom stereocenters. The maximum absolute atomic E-state index is 12.2. The van der Waals surface area contributed by atoms with E-state index in [2.05, 4.69) is 31.2 Å². The van der Waals surface area contributed by atoms with Crippen LogP contribution in [0.1, 0.15) is 41.0 Å². The van der Waals surface area contributed by atoms with E-state index >= 15 is 0 Å². The number of nitrogens with zero attached hydrogens (tertiary/aromatic N) is 3. The second-order valence-electron chi connectivity index (χ2n) is 7.54. The van der Waals surface area contributed by atoms with Crippen molar-refractivity contribution >= 4 is 11.6 Å². The van der Waals surface area contributed by atoms with Crippen LogP contribution in [0.4, 0.5) is 0 Å². The number of nitrogens with one attached hydrogen (secondary N) is 1. The molecule has 6 heteroatoms. The summed E-state index contributed by atoms with van der Waals surface area (Å²) in [6, 6.07) is 5.30. The number of aromatic nitrogens is 3. The smallest absolute Gasteiger partial charge is 0.350 e. The average Bonchev–Trinajstić information content (AvgIpc) is 2.63. The second-order valence-corrected chi connectivity index (χ2v) is 7.54. The molecule has 0 saturated heterocycles. The Balaban J connectivity index is 2.11. The quantitative estimate of drug-likeness (QED) is 0.937. The van der Waals surface area contributed by atoms with Crippen LogP contribution in [-0.2, 0) is 11.3 Å². The number of carbonyl (C=O) groups excluding carboxylic acids is 1. The van der Waals surface area contributed by atoms with Gasteiger partial charge in [-0.15, -0.1) is 5.10 Å². The maximum Gasteiger partial charge on any atom is 0.350 e. The summed E-state index contributed by atoms with van der Waals surface area (Å²) in [5.74, 6) is -0.209. The summed E-state index contributed by atoms with van der Waals surface area (Å²) in [6.45, 7) is 10.3. The molecule has 0 bridgehead atoms. The van der Waals surface area contributed by atoms with Gasteiger partial charge in [0.05, 0.1) is 0 Å². The molecule has 2 rings (SSSR count). The topological polar surface area (TPSA) is 68.4 Å². The molecule has 0 spiro atoms. The lowest BCUT2D eigenvalue weighted by Crippen LogP contribution is -2.47. The molecule has 0 aliphatic rings. The average molecular weight is 304 g/mol. The molecule has 1 amide bonds. The van der Waals surface area contributed by atoms with Crippen LogP contribution in [0.25, 0.3) is 5.65 Å². The van der Waals surface area contributed by atoms with Gasteiger partial charge in [0.2, 0.25) is 5.91 Å². The van der Waals surface area contributed by atoms with Gasteiger partial charge in [-0.2, -0.15) is 0 Å². The van der Waals surface area contributed by atoms with E-state index in [0.29, 0.717) is 5.65 Å². The van der Waals surface area contributed by atoms with Crippen LogP contribution >= 0.6 is 0 Å². The predicted octanol–water partition coefficient (Wildman–Crippen LogP) is 1.83. The molecular weight excluding hydrogens is 280 g/mol. The Hall–Kier alpha value is -2.11. The fourth-order valence-corrected chi connectivity index (χ4v) is 2.99. The molecular formula is C16H24N4O2. The van der Waals surface area contributed by atoms with E-state index in [9.17, 15) is 9.59 Å². The van der Waals surface area contributed by atoms with Crippen molar-refractivity contribution in [2.75, 3.05) is 0 Å². The molecule has 0 radical (unpaired) electrons. The minimum atomic E-state index is -0.335. The van der Waals surface area contributed by atoms with Gasteiger partial charge < -0.3 is 5.32 Å². The van der Waals surface area contributed by atoms with Crippen molar-refractivity contribution in [2.24, 2.45) is 5.41 Å². The fourth-order valence-electron chi connectivity index (χ4n) is 2.99. The summed E-state index contributed by atoms with van der Waals surface area (Å²) in [5, 5.41) is 7.15. The highest BCUT2D eigenvalue weighted by atomic mass is 16.2. The van der Waals surface area contributed by atoms with Crippen LogP contribution in [0, 0.1) is 5.41 Å². The lowest BCUT2D eigenvalue weighted by Gasteiger charge is -2.33. The number of rotatable bonds is 4. The van der Waals surface area contributed by atoms with Crippen molar-refractivity contribution in [1.29, 1.82) is 0 Å². The molecule has 22 heavy (non-hydrogen) atoms. The fraction of sp³-hybridized carbons (Fsp3) is 0.562. The summed E-state index contributed by atoms with van der Waals surface area (Å²) in [7, 11) is 0. The van der Waals surface area contributed by atoms with Crippen molar-refractivity contribution < 1.29 is 4.79 Å². The summed E-state index contributed by atoms with van der Waals surface area (Å²) in [5.41, 5.74) is 0.00284. The summed E-state index contributed by atoms with van der Waals surface area (Å²) < 4.78 is 2.62. The molecule has 0 fully saturated rings. The first-order chi connectivity index (χ1) is 10.1. The number of pyridine rings is 1. The van der Waals surface area contributed by atoms with E-state index in [1.807, 2.05) is 13.8 Å². The zero-order valence-corrected chi connectivity index (χ0v) is 13.9. The standard InChI is InChI=1S/C16H24N4O2/c1-15(2,3)11-16(4,5)17-13(21)10-20-14(22)19-9-7-6-8-12(19)18-20/h6-9H,10-11H2,1-5H3,(H,17,21). The summed E-state index contributed by atoms with van der Waals surface area (Å²) >= 11 is 0. The molecule has 2 aromatic heterocycles. The molecule has 0 saturated carbocycles. The van der Waals surface area contributed by atoms with E-state index in [1.54, 1.807) is 24.4 Å². The van der Waals surface area contributed by atoms with E-state index in [0.717, 1.165) is 6.42 Å². The van der Waals surface area contributed by atoms with Crippen molar-refractivity contribution in [3.8, 4) is 0 Å². The van der Waals surface area contributed by atoms with Gasteiger partial charge in [-0.3, -0.25) is 9.20 Å². The first-order valence-corrected chi connectivity index (χ1v) is 7.43. The van der Waals surface area contributed by atoms with Gasteiger partial charge >= 0.3 is 5.69 Å². The minimum Gasteiger partial charge on any atom is -0.350 e. The third-order valence-electron chi connectivity index (χ3n) is 3.23. The SMILES string of the molecule is CC(C)(C)CC(C)(C)NC(=O)Cn1nc2ccccn2c1=O. The first kappa shape index (κ1) is 16.3. The Morgan fingerprint density at radius 3 is 2.50 bits per heavy atom. The highest BCUT2D eigenvalue weighted by Gasteiger charge is 2.27. The van der Waals surface area contributed by atoms with Crippen molar-refractivity contribution in [2.45, 2.75) is 53.1 Å². The largest absolute Gasteiger partial charge is 0.350 e. The Morgan fingerprint density at radius 2 is 1.91 bits per heavy atom. The van der Waals surface area contributed by atoms with Gasteiger partial charge in [-0.25, -0.2) is 9.48 Å². The summed E-state index contributed by atoms with van der Waals surface area (Å²) in [4.78, 5) is 24.4. The highest BCUT2D eigenvalue weighted by molar-refractivity contribution is 5.76. The number of fused-ring (bicyclic) bond motifs is 1. The van der Waals surface area contributed by atoms with Crippen LogP contribution in [0.15, 0.2) is 29.2 Å². The van der Waals surface area contributed by atoms with Gasteiger partial charge in [-0.05, 0) is 37.8 Å². The number of hydrogen-bond acceptors (Lipinski definition) is 3. The Labute approximate surface area is 130 Å². The van der Waals surface area contributed by atoms with Gasteiger partial charge in [0.1, 0.15) is 6.54 Å². The molecule has 6 nitrogen and oxygen atoms in total. The zero-order chi connectivity index (χ0) is 16.5. The van der Waals surface area contributed by atoms with Crippen LogP contribution in [0.5, 0.6) is 0 Å². The lowest BCUT2D eigenvalue weighted by atomic mass is 9.82. The van der Waals surface area contributed by atoms with E-state index < -0.39 is 0 Å². The molecule has 1 N–H and O–H groups in total. The third kappa shape index (κ3) is 3.96. The molecule has 0 unspecified atom stereocenters. The number of hydrogen-bond donors (Lipinski definition) is 1. The van der Waals surface area contributed by atoms with Crippen LogP contribution in [0.2, 0.25) is 0 Å². The molecule has 0 aliphatic heterocycles. The number of carbonyl (C=O) groups is 1. The first-order valence-electron chi connectivity index (χ1n) is 7.43. The minimum absolute atomic E-state index is 0.0753. The Morgan fingerprint density at radius 1 is 1.23 bits per heavy atom. The maximum atomic E-state index is 12.2. The molecule has 120 valence electrons. The normalized spacial score (nSPS) is 12.6. The summed E-state index contributed by atoms with van der Waals surface area (Å²) in [6.07, 6.45) is 2.48. The van der Waals surface area contributed by atoms with Crippen molar-refractivity contribution in [1.82, 2.24) is 19.5 Å². The number of amides is 1. The van der Waals surface area contributed by atoms with Crippen LogP contribution in [0.3, 0.4) is 0 Å². The molecule has 2 aromatic rings. The Bertz CT molecular complexity index is 734. The van der Waals surface area contributed by atoms with Gasteiger partial charge in [0, 0.05) is 11.7 Å². The van der Waals surface area contributed by atoms with Crippen molar-refractivity contribution in [3.05, 3.63) is 34.9 Å². The Kier molecular flexibility index (Phi) is 4.13. The second kappa shape index (κ2) is 5.59. The molecule has 0 aromatic carbocycles. The third-order valence-corrected chi connectivity index (χ3v) is 3.23. The van der Waals surface area contributed by atoms with E-state index in [-0.39, 0.29) is 29.1 Å². The van der Waals surface area contributed by atoms with E-state index in [4.69, 9.17) is 0 Å². The van der Waals surface area contributed by atoms with Crippen LogP contribution < -0.4 is 11.0 Å². The van der Waals surface area contributed by atoms with Crippen LogP contribution in [-0.4, -0.2) is 25.6 Å². The van der Waals surface area contributed by atoms with Gasteiger partial charge in [-0.1, -0.05) is 26.8 Å². The van der Waals surface area contributed by atoms with Gasteiger partial charge in [0.15, 0.2) is 5.65 Å². The lowest BCUT2D eigenvalue weighted by molar-refractivity contribution is -0.123.